The molecule has 0 aliphatic heterocycles. The summed E-state index contributed by atoms with van der Waals surface area (Å²) in [7, 11) is 0. The molecule has 1 rings (SSSR count). The van der Waals surface area contributed by atoms with Gasteiger partial charge in [0.05, 0.1) is 4.92 Å². The monoisotopic (exact) mass is 174 g/mol. The quantitative estimate of drug-likeness (QED) is 0.525. The van der Waals surface area contributed by atoms with E-state index in [9.17, 15) is 10.1 Å². The standard InChI is InChI=1S/C6H4ClNO2.H3N/c7-5-2-1-3-6(4-5)8(9)10;/h1-4H;1H3. The average molecular weight is 175 g/mol. The first kappa shape index (κ1) is 9.87. The van der Waals surface area contributed by atoms with E-state index in [1.54, 1.807) is 12.1 Å². The van der Waals surface area contributed by atoms with Crippen molar-refractivity contribution in [1.29, 1.82) is 0 Å². The van der Waals surface area contributed by atoms with Crippen LogP contribution >= 0.6 is 11.6 Å². The Labute approximate surface area is 68.5 Å². The van der Waals surface area contributed by atoms with E-state index in [0.717, 1.165) is 0 Å². The van der Waals surface area contributed by atoms with E-state index in [2.05, 4.69) is 0 Å². The zero-order valence-corrected chi connectivity index (χ0v) is 6.41. The van der Waals surface area contributed by atoms with Gasteiger partial charge < -0.3 is 6.15 Å². The number of hydrogen-bond donors (Lipinski definition) is 1. The Bertz CT molecular complexity index is 265. The molecule has 0 heterocycles. The van der Waals surface area contributed by atoms with E-state index in [1.165, 1.54) is 12.1 Å². The zero-order valence-electron chi connectivity index (χ0n) is 5.66. The molecule has 0 saturated carbocycles. The van der Waals surface area contributed by atoms with Crippen molar-refractivity contribution in [2.45, 2.75) is 0 Å². The number of nitro benzene ring substituents is 1. The molecule has 0 aromatic heterocycles. The van der Waals surface area contributed by atoms with Crippen molar-refractivity contribution in [3.63, 3.8) is 0 Å². The average Bonchev–Trinajstić information content (AvgIpc) is 1.88. The molecule has 11 heavy (non-hydrogen) atoms. The molecule has 0 radical (unpaired) electrons. The minimum Gasteiger partial charge on any atom is -0.344 e. The second kappa shape index (κ2) is 3.90. The Morgan fingerprint density at radius 2 is 2.09 bits per heavy atom. The lowest BCUT2D eigenvalue weighted by Crippen LogP contribution is -1.85. The van der Waals surface area contributed by atoms with E-state index in [-0.39, 0.29) is 11.8 Å². The van der Waals surface area contributed by atoms with Crippen LogP contribution in [0.15, 0.2) is 24.3 Å². The molecule has 0 fully saturated rings. The van der Waals surface area contributed by atoms with Crippen LogP contribution in [0.5, 0.6) is 0 Å². The molecule has 0 bridgehead atoms. The number of nitrogens with zero attached hydrogens (tertiary/aromatic N) is 1. The highest BCUT2D eigenvalue weighted by Gasteiger charge is 2.02. The van der Waals surface area contributed by atoms with Crippen molar-refractivity contribution >= 4 is 17.3 Å². The van der Waals surface area contributed by atoms with Crippen molar-refractivity contribution in [1.82, 2.24) is 6.15 Å². The fourth-order valence-corrected chi connectivity index (χ4v) is 0.774. The SMILES string of the molecule is N.O=[N+]([O-])c1cccc(Cl)c1. The molecule has 0 atom stereocenters. The van der Waals surface area contributed by atoms with Gasteiger partial charge in [-0.1, -0.05) is 17.7 Å². The van der Waals surface area contributed by atoms with Crippen molar-refractivity contribution in [3.8, 4) is 0 Å². The molecule has 1 aromatic rings. The van der Waals surface area contributed by atoms with Crippen LogP contribution in [0.1, 0.15) is 0 Å². The second-order valence-corrected chi connectivity index (χ2v) is 2.17. The zero-order chi connectivity index (χ0) is 7.56. The Hall–Kier alpha value is -1.13. The number of nitro groups is 1. The van der Waals surface area contributed by atoms with Crippen LogP contribution in [0, 0.1) is 10.1 Å². The predicted octanol–water partition coefficient (Wildman–Crippen LogP) is 2.41. The van der Waals surface area contributed by atoms with Gasteiger partial charge in [0, 0.05) is 17.2 Å². The smallest absolute Gasteiger partial charge is 0.270 e. The molecule has 0 saturated heterocycles. The highest BCUT2D eigenvalue weighted by molar-refractivity contribution is 6.30. The Kier molecular flexibility index (Phi) is 3.50. The van der Waals surface area contributed by atoms with E-state index in [0.29, 0.717) is 5.02 Å². The van der Waals surface area contributed by atoms with Crippen molar-refractivity contribution in [2.24, 2.45) is 0 Å². The Morgan fingerprint density at radius 3 is 2.45 bits per heavy atom. The van der Waals surface area contributed by atoms with E-state index >= 15 is 0 Å². The van der Waals surface area contributed by atoms with Crippen molar-refractivity contribution in [2.75, 3.05) is 0 Å². The molecule has 5 heteroatoms. The molecular formula is C6H7ClN2O2. The largest absolute Gasteiger partial charge is 0.344 e. The molecular weight excluding hydrogens is 168 g/mol. The van der Waals surface area contributed by atoms with Crippen LogP contribution < -0.4 is 6.15 Å². The van der Waals surface area contributed by atoms with E-state index in [1.807, 2.05) is 0 Å². The van der Waals surface area contributed by atoms with Crippen LogP contribution in [0.2, 0.25) is 5.02 Å². The number of halogens is 1. The molecule has 0 aliphatic carbocycles. The van der Waals surface area contributed by atoms with Gasteiger partial charge in [-0.3, -0.25) is 10.1 Å². The Morgan fingerprint density at radius 1 is 1.45 bits per heavy atom. The summed E-state index contributed by atoms with van der Waals surface area (Å²) in [6, 6.07) is 5.84. The summed E-state index contributed by atoms with van der Waals surface area (Å²) in [5, 5.41) is 10.5. The lowest BCUT2D eigenvalue weighted by molar-refractivity contribution is -0.384. The maximum absolute atomic E-state index is 10.1. The summed E-state index contributed by atoms with van der Waals surface area (Å²) in [4.78, 5) is 9.62. The molecule has 0 amide bonds. The van der Waals surface area contributed by atoms with Crippen LogP contribution in [0.3, 0.4) is 0 Å². The highest BCUT2D eigenvalue weighted by Crippen LogP contribution is 2.16. The minimum atomic E-state index is -0.480. The maximum Gasteiger partial charge on any atom is 0.270 e. The normalized spacial score (nSPS) is 8.45. The van der Waals surface area contributed by atoms with Crippen LogP contribution in [0.25, 0.3) is 0 Å². The number of non-ortho nitro benzene ring substituents is 1. The maximum atomic E-state index is 10.1. The summed E-state index contributed by atoms with van der Waals surface area (Å²) in [5.41, 5.74) is 0.0208. The van der Waals surface area contributed by atoms with Gasteiger partial charge in [-0.2, -0.15) is 0 Å². The van der Waals surface area contributed by atoms with Gasteiger partial charge in [0.1, 0.15) is 0 Å². The predicted molar refractivity (Wildman–Crippen MR) is 43.1 cm³/mol. The third-order valence-electron chi connectivity index (χ3n) is 1.02. The van der Waals surface area contributed by atoms with Crippen LogP contribution in [-0.2, 0) is 0 Å². The minimum absolute atomic E-state index is 0. The molecule has 4 nitrogen and oxygen atoms in total. The molecule has 60 valence electrons. The first-order valence-corrected chi connectivity index (χ1v) is 2.98. The summed E-state index contributed by atoms with van der Waals surface area (Å²) in [6.07, 6.45) is 0. The lowest BCUT2D eigenvalue weighted by atomic mass is 10.3. The second-order valence-electron chi connectivity index (χ2n) is 1.74. The molecule has 0 aliphatic rings. The summed E-state index contributed by atoms with van der Waals surface area (Å²) < 4.78 is 0. The van der Waals surface area contributed by atoms with Gasteiger partial charge in [-0.15, -0.1) is 0 Å². The first-order chi connectivity index (χ1) is 4.70. The topological polar surface area (TPSA) is 78.1 Å². The Balaban J connectivity index is 0.000001000. The van der Waals surface area contributed by atoms with Crippen molar-refractivity contribution < 1.29 is 4.92 Å². The van der Waals surface area contributed by atoms with Gasteiger partial charge in [-0.05, 0) is 6.07 Å². The van der Waals surface area contributed by atoms with Gasteiger partial charge in [0.25, 0.3) is 5.69 Å². The fourth-order valence-electron chi connectivity index (χ4n) is 0.590. The molecule has 0 unspecified atom stereocenters. The van der Waals surface area contributed by atoms with Gasteiger partial charge in [-0.25, -0.2) is 0 Å². The third kappa shape index (κ3) is 2.53. The van der Waals surface area contributed by atoms with Gasteiger partial charge >= 0.3 is 0 Å². The van der Waals surface area contributed by atoms with Crippen LogP contribution in [0.4, 0.5) is 5.69 Å². The summed E-state index contributed by atoms with van der Waals surface area (Å²) in [5.74, 6) is 0. The van der Waals surface area contributed by atoms with Crippen molar-refractivity contribution in [3.05, 3.63) is 39.4 Å². The molecule has 0 spiro atoms. The summed E-state index contributed by atoms with van der Waals surface area (Å²) >= 11 is 5.48. The van der Waals surface area contributed by atoms with E-state index < -0.39 is 4.92 Å². The lowest BCUT2D eigenvalue weighted by Gasteiger charge is -1.89. The van der Waals surface area contributed by atoms with Gasteiger partial charge in [0.15, 0.2) is 0 Å². The van der Waals surface area contributed by atoms with Gasteiger partial charge in [0.2, 0.25) is 0 Å². The first-order valence-electron chi connectivity index (χ1n) is 2.60. The highest BCUT2D eigenvalue weighted by atomic mass is 35.5. The van der Waals surface area contributed by atoms with Crippen LogP contribution in [-0.4, -0.2) is 4.92 Å². The van der Waals surface area contributed by atoms with E-state index in [4.69, 9.17) is 11.6 Å². The molecule has 3 N–H and O–H groups in total. The number of hydrogen-bond acceptors (Lipinski definition) is 3. The fraction of sp³-hybridized carbons (Fsp3) is 0. The third-order valence-corrected chi connectivity index (χ3v) is 1.25. The number of rotatable bonds is 1. The number of benzene rings is 1. The molecule has 1 aromatic carbocycles. The summed E-state index contributed by atoms with van der Waals surface area (Å²) in [6.45, 7) is 0.